The average molecular weight is 211 g/mol. The lowest BCUT2D eigenvalue weighted by Crippen LogP contribution is -1.84. The Morgan fingerprint density at radius 2 is 2.36 bits per heavy atom. The molecule has 0 N–H and O–H groups in total. The zero-order chi connectivity index (χ0) is 10.2. The number of thioether (sulfide) groups is 1. The van der Waals surface area contributed by atoms with E-state index in [2.05, 4.69) is 10.0 Å². The molecule has 0 aromatic heterocycles. The molecule has 0 bridgehead atoms. The van der Waals surface area contributed by atoms with Gasteiger partial charge in [-0.2, -0.15) is 0 Å². The predicted molar refractivity (Wildman–Crippen MR) is 55.8 cm³/mol. The van der Waals surface area contributed by atoms with Gasteiger partial charge in [0.25, 0.3) is 0 Å². The van der Waals surface area contributed by atoms with Gasteiger partial charge in [0.05, 0.1) is 0 Å². The summed E-state index contributed by atoms with van der Waals surface area (Å²) in [7, 11) is 0. The molecule has 3 nitrogen and oxygen atoms in total. The van der Waals surface area contributed by atoms with Crippen LogP contribution in [0.2, 0.25) is 0 Å². The molecule has 1 aromatic rings. The van der Waals surface area contributed by atoms with Gasteiger partial charge in [0.1, 0.15) is 5.82 Å². The first-order valence-electron chi connectivity index (χ1n) is 4.22. The fourth-order valence-electron chi connectivity index (χ4n) is 0.927. The monoisotopic (exact) mass is 211 g/mol. The Labute approximate surface area is 85.9 Å². The van der Waals surface area contributed by atoms with E-state index in [1.54, 1.807) is 17.8 Å². The Kier molecular flexibility index (Phi) is 4.89. The van der Waals surface area contributed by atoms with Crippen molar-refractivity contribution < 1.29 is 4.39 Å². The first kappa shape index (κ1) is 10.9. The third kappa shape index (κ3) is 4.16. The highest BCUT2D eigenvalue weighted by atomic mass is 32.2. The first-order valence-corrected chi connectivity index (χ1v) is 5.20. The topological polar surface area (TPSA) is 48.8 Å². The minimum absolute atomic E-state index is 0.218. The normalized spacial score (nSPS) is 9.50. The van der Waals surface area contributed by atoms with Crippen LogP contribution < -0.4 is 0 Å². The molecule has 0 aliphatic rings. The van der Waals surface area contributed by atoms with Crippen molar-refractivity contribution in [2.24, 2.45) is 5.11 Å². The fourth-order valence-corrected chi connectivity index (χ4v) is 1.81. The summed E-state index contributed by atoms with van der Waals surface area (Å²) >= 11 is 1.56. The van der Waals surface area contributed by atoms with Crippen molar-refractivity contribution in [3.63, 3.8) is 0 Å². The molecule has 1 aromatic carbocycles. The lowest BCUT2D eigenvalue weighted by atomic mass is 10.4. The van der Waals surface area contributed by atoms with Crippen LogP contribution in [0.5, 0.6) is 0 Å². The van der Waals surface area contributed by atoms with Crippen LogP contribution >= 0.6 is 11.8 Å². The highest BCUT2D eigenvalue weighted by Crippen LogP contribution is 2.19. The van der Waals surface area contributed by atoms with Crippen LogP contribution in [0.25, 0.3) is 10.4 Å². The maximum atomic E-state index is 12.7. The van der Waals surface area contributed by atoms with Crippen LogP contribution in [0.4, 0.5) is 4.39 Å². The molecule has 0 atom stereocenters. The molecule has 14 heavy (non-hydrogen) atoms. The molecule has 0 heterocycles. The maximum absolute atomic E-state index is 12.7. The Morgan fingerprint density at radius 3 is 3.07 bits per heavy atom. The van der Waals surface area contributed by atoms with Crippen LogP contribution in [-0.4, -0.2) is 12.3 Å². The van der Waals surface area contributed by atoms with Crippen LogP contribution in [0.15, 0.2) is 34.3 Å². The second-order valence-corrected chi connectivity index (χ2v) is 3.78. The smallest absolute Gasteiger partial charge is 0.124 e. The second kappa shape index (κ2) is 6.29. The molecular weight excluding hydrogens is 201 g/mol. The third-order valence-electron chi connectivity index (χ3n) is 1.53. The largest absolute Gasteiger partial charge is 0.207 e. The van der Waals surface area contributed by atoms with Gasteiger partial charge in [-0.05, 0) is 35.9 Å². The summed E-state index contributed by atoms with van der Waals surface area (Å²) in [5.41, 5.74) is 8.02. The van der Waals surface area contributed by atoms with Crippen LogP contribution in [0.3, 0.4) is 0 Å². The van der Waals surface area contributed by atoms with Crippen molar-refractivity contribution in [2.45, 2.75) is 11.3 Å². The van der Waals surface area contributed by atoms with Crippen molar-refractivity contribution in [3.8, 4) is 0 Å². The molecule has 5 heteroatoms. The number of benzene rings is 1. The summed E-state index contributed by atoms with van der Waals surface area (Å²) in [6.45, 7) is 0.499. The van der Waals surface area contributed by atoms with Crippen LogP contribution in [0.1, 0.15) is 6.42 Å². The van der Waals surface area contributed by atoms with Gasteiger partial charge in [0.15, 0.2) is 0 Å². The van der Waals surface area contributed by atoms with E-state index in [0.717, 1.165) is 17.1 Å². The number of nitrogens with zero attached hydrogens (tertiary/aromatic N) is 3. The summed E-state index contributed by atoms with van der Waals surface area (Å²) in [4.78, 5) is 3.56. The molecule has 0 unspecified atom stereocenters. The lowest BCUT2D eigenvalue weighted by Gasteiger charge is -1.99. The van der Waals surface area contributed by atoms with E-state index < -0.39 is 0 Å². The molecule has 1 rings (SSSR count). The number of rotatable bonds is 5. The Balaban J connectivity index is 2.27. The Hall–Kier alpha value is -1.19. The van der Waals surface area contributed by atoms with Gasteiger partial charge in [-0.1, -0.05) is 11.2 Å². The highest BCUT2D eigenvalue weighted by molar-refractivity contribution is 7.99. The molecule has 0 aliphatic carbocycles. The summed E-state index contributed by atoms with van der Waals surface area (Å²) < 4.78 is 12.7. The summed E-state index contributed by atoms with van der Waals surface area (Å²) in [5.74, 6) is 0.618. The minimum Gasteiger partial charge on any atom is -0.207 e. The molecule has 0 spiro atoms. The van der Waals surface area contributed by atoms with Gasteiger partial charge >= 0.3 is 0 Å². The highest BCUT2D eigenvalue weighted by Gasteiger charge is 1.95. The van der Waals surface area contributed by atoms with E-state index in [1.807, 2.05) is 6.07 Å². The van der Waals surface area contributed by atoms with Gasteiger partial charge in [-0.3, -0.25) is 0 Å². The predicted octanol–water partition coefficient (Wildman–Crippen LogP) is 3.62. The van der Waals surface area contributed by atoms with Crippen LogP contribution in [-0.2, 0) is 0 Å². The number of hydrogen-bond donors (Lipinski definition) is 0. The minimum atomic E-state index is -0.218. The molecule has 0 radical (unpaired) electrons. The summed E-state index contributed by atoms with van der Waals surface area (Å²) in [6, 6.07) is 6.47. The van der Waals surface area contributed by atoms with Gasteiger partial charge in [0, 0.05) is 16.4 Å². The fraction of sp³-hybridized carbons (Fsp3) is 0.333. The van der Waals surface area contributed by atoms with Gasteiger partial charge < -0.3 is 0 Å². The number of halogens is 1. The first-order chi connectivity index (χ1) is 6.83. The van der Waals surface area contributed by atoms with E-state index in [0.29, 0.717) is 6.54 Å². The quantitative estimate of drug-likeness (QED) is 0.241. The van der Waals surface area contributed by atoms with Crippen molar-refractivity contribution >= 4 is 11.8 Å². The van der Waals surface area contributed by atoms with Gasteiger partial charge in [-0.25, -0.2) is 4.39 Å². The lowest BCUT2D eigenvalue weighted by molar-refractivity contribution is 0.624. The van der Waals surface area contributed by atoms with E-state index in [9.17, 15) is 4.39 Å². The van der Waals surface area contributed by atoms with Gasteiger partial charge in [-0.15, -0.1) is 11.8 Å². The Morgan fingerprint density at radius 1 is 1.50 bits per heavy atom. The van der Waals surface area contributed by atoms with Gasteiger partial charge in [0.2, 0.25) is 0 Å². The maximum Gasteiger partial charge on any atom is 0.124 e. The Bertz CT molecular complexity index is 337. The molecule has 0 amide bonds. The SMILES string of the molecule is [N-]=[N+]=NCCCSc1cccc(F)c1. The zero-order valence-electron chi connectivity index (χ0n) is 7.56. The van der Waals surface area contributed by atoms with E-state index in [4.69, 9.17) is 5.53 Å². The summed E-state index contributed by atoms with van der Waals surface area (Å²) in [5, 5.41) is 3.41. The summed E-state index contributed by atoms with van der Waals surface area (Å²) in [6.07, 6.45) is 0.811. The molecule has 0 saturated carbocycles. The van der Waals surface area contributed by atoms with E-state index >= 15 is 0 Å². The van der Waals surface area contributed by atoms with E-state index in [-0.39, 0.29) is 5.82 Å². The second-order valence-electron chi connectivity index (χ2n) is 2.61. The molecule has 0 fully saturated rings. The van der Waals surface area contributed by atoms with Crippen LogP contribution in [0, 0.1) is 5.82 Å². The van der Waals surface area contributed by atoms with Crippen molar-refractivity contribution in [3.05, 3.63) is 40.5 Å². The van der Waals surface area contributed by atoms with Crippen molar-refractivity contribution in [2.75, 3.05) is 12.3 Å². The standard InChI is InChI=1S/C9H10FN3S/c10-8-3-1-4-9(7-8)14-6-2-5-12-13-11/h1,3-4,7H,2,5-6H2. The van der Waals surface area contributed by atoms with Crippen molar-refractivity contribution in [1.82, 2.24) is 0 Å². The molecule has 0 saturated heterocycles. The molecule has 74 valence electrons. The van der Waals surface area contributed by atoms with Crippen molar-refractivity contribution in [1.29, 1.82) is 0 Å². The zero-order valence-corrected chi connectivity index (χ0v) is 8.38. The number of azide groups is 1. The molecule has 0 aliphatic heterocycles. The molecular formula is C9H10FN3S. The van der Waals surface area contributed by atoms with E-state index in [1.165, 1.54) is 12.1 Å². The number of hydrogen-bond acceptors (Lipinski definition) is 2. The average Bonchev–Trinajstić information content (AvgIpc) is 2.18. The third-order valence-corrected chi connectivity index (χ3v) is 2.61.